The van der Waals surface area contributed by atoms with E-state index in [0.29, 0.717) is 5.92 Å². The Morgan fingerprint density at radius 2 is 1.65 bits per heavy atom. The van der Waals surface area contributed by atoms with Gasteiger partial charge in [0.05, 0.1) is 16.7 Å². The maximum Gasteiger partial charge on any atom is 0.140 e. The number of aromatic amines is 1. The second-order valence-electron chi connectivity index (χ2n) is 8.72. The average molecular weight is 350 g/mol. The fraction of sp³-hybridized carbons (Fsp3) is 0.478. The molecular weight excluding hydrogens is 318 g/mol. The molecule has 0 aliphatic carbocycles. The summed E-state index contributed by atoms with van der Waals surface area (Å²) in [5, 5.41) is 0. The van der Waals surface area contributed by atoms with Gasteiger partial charge in [0.15, 0.2) is 0 Å². The van der Waals surface area contributed by atoms with Crippen molar-refractivity contribution >= 4 is 11.0 Å². The summed E-state index contributed by atoms with van der Waals surface area (Å²) in [4.78, 5) is 13.6. The Morgan fingerprint density at radius 3 is 2.23 bits per heavy atom. The lowest BCUT2D eigenvalue weighted by Crippen LogP contribution is -2.17. The second-order valence-corrected chi connectivity index (χ2v) is 8.72. The third-order valence-corrected chi connectivity index (χ3v) is 5.16. The van der Waals surface area contributed by atoms with Gasteiger partial charge in [-0.15, -0.1) is 0 Å². The number of aromatic nitrogens is 3. The van der Waals surface area contributed by atoms with Crippen LogP contribution >= 0.6 is 0 Å². The zero-order valence-corrected chi connectivity index (χ0v) is 17.4. The Kier molecular flexibility index (Phi) is 4.68. The van der Waals surface area contributed by atoms with E-state index in [1.54, 1.807) is 0 Å². The predicted octanol–water partition coefficient (Wildman–Crippen LogP) is 6.23. The molecule has 0 atom stereocenters. The summed E-state index contributed by atoms with van der Waals surface area (Å²) in [5.41, 5.74) is 9.52. The molecule has 26 heavy (non-hydrogen) atoms. The molecule has 138 valence electrons. The van der Waals surface area contributed by atoms with Gasteiger partial charge in [0.1, 0.15) is 5.82 Å². The van der Waals surface area contributed by atoms with E-state index in [9.17, 15) is 0 Å². The molecule has 0 spiro atoms. The molecule has 3 nitrogen and oxygen atoms in total. The van der Waals surface area contributed by atoms with Gasteiger partial charge in [0.25, 0.3) is 0 Å². The summed E-state index contributed by atoms with van der Waals surface area (Å²) < 4.78 is 0. The molecule has 3 rings (SSSR count). The first-order valence-electron chi connectivity index (χ1n) is 9.63. The van der Waals surface area contributed by atoms with E-state index < -0.39 is 0 Å². The van der Waals surface area contributed by atoms with E-state index >= 15 is 0 Å². The normalized spacial score (nSPS) is 12.3. The van der Waals surface area contributed by atoms with Crippen LogP contribution in [0.15, 0.2) is 18.2 Å². The van der Waals surface area contributed by atoms with Crippen LogP contribution in [0.5, 0.6) is 0 Å². The standard InChI is InChI=1S/C23H31N3/c1-9-16-12-19(23(6,7)8)26-21(13(2)3)20(16)22-24-17-10-14(4)15(5)11-18(17)25-22/h10-13H,9H2,1-8H3,(H,24,25). The highest BCUT2D eigenvalue weighted by atomic mass is 14.9. The summed E-state index contributed by atoms with van der Waals surface area (Å²) >= 11 is 0. The number of pyridine rings is 1. The minimum absolute atomic E-state index is 0.0359. The Hall–Kier alpha value is -2.16. The van der Waals surface area contributed by atoms with Crippen molar-refractivity contribution in [3.05, 3.63) is 46.3 Å². The van der Waals surface area contributed by atoms with E-state index in [1.807, 2.05) is 0 Å². The summed E-state index contributed by atoms with van der Waals surface area (Å²) in [6.45, 7) is 17.6. The molecule has 0 bridgehead atoms. The zero-order valence-electron chi connectivity index (χ0n) is 17.4. The molecule has 2 aromatic heterocycles. The maximum absolute atomic E-state index is 5.07. The van der Waals surface area contributed by atoms with Gasteiger partial charge in [-0.05, 0) is 61.1 Å². The molecule has 0 saturated carbocycles. The van der Waals surface area contributed by atoms with E-state index in [1.165, 1.54) is 22.3 Å². The lowest BCUT2D eigenvalue weighted by Gasteiger charge is -2.23. The molecule has 0 fully saturated rings. The molecule has 0 aliphatic rings. The van der Waals surface area contributed by atoms with E-state index in [0.717, 1.165) is 34.7 Å². The lowest BCUT2D eigenvalue weighted by atomic mass is 9.87. The van der Waals surface area contributed by atoms with E-state index in [2.05, 4.69) is 78.6 Å². The minimum atomic E-state index is 0.0359. The van der Waals surface area contributed by atoms with Crippen molar-refractivity contribution in [2.75, 3.05) is 0 Å². The highest BCUT2D eigenvalue weighted by Gasteiger charge is 2.23. The van der Waals surface area contributed by atoms with Gasteiger partial charge in [0.2, 0.25) is 0 Å². The van der Waals surface area contributed by atoms with Crippen molar-refractivity contribution in [2.45, 2.75) is 73.1 Å². The van der Waals surface area contributed by atoms with Crippen LogP contribution in [0.1, 0.15) is 75.5 Å². The van der Waals surface area contributed by atoms with Crippen molar-refractivity contribution in [3.8, 4) is 11.4 Å². The summed E-state index contributed by atoms with van der Waals surface area (Å²) in [5.74, 6) is 1.28. The van der Waals surface area contributed by atoms with Gasteiger partial charge in [-0.1, -0.05) is 41.5 Å². The quantitative estimate of drug-likeness (QED) is 0.609. The number of nitrogens with one attached hydrogen (secondary N) is 1. The number of imidazole rings is 1. The largest absolute Gasteiger partial charge is 0.338 e. The molecule has 0 unspecified atom stereocenters. The highest BCUT2D eigenvalue weighted by molar-refractivity contribution is 5.82. The van der Waals surface area contributed by atoms with Crippen LogP contribution < -0.4 is 0 Å². The summed E-state index contributed by atoms with van der Waals surface area (Å²) in [6, 6.07) is 6.63. The van der Waals surface area contributed by atoms with Crippen LogP contribution in [0.3, 0.4) is 0 Å². The first-order valence-corrected chi connectivity index (χ1v) is 9.63. The van der Waals surface area contributed by atoms with Gasteiger partial charge in [0, 0.05) is 16.7 Å². The van der Waals surface area contributed by atoms with Gasteiger partial charge in [-0.25, -0.2) is 4.98 Å². The Labute approximate surface area is 157 Å². The molecule has 0 saturated heterocycles. The zero-order chi connectivity index (χ0) is 19.2. The van der Waals surface area contributed by atoms with Gasteiger partial charge in [-0.3, -0.25) is 4.98 Å². The average Bonchev–Trinajstić information content (AvgIpc) is 2.95. The SMILES string of the molecule is CCc1cc(C(C)(C)C)nc(C(C)C)c1-c1nc2cc(C)c(C)cc2[nH]1. The van der Waals surface area contributed by atoms with Gasteiger partial charge >= 0.3 is 0 Å². The number of aryl methyl sites for hydroxylation is 3. The number of hydrogen-bond acceptors (Lipinski definition) is 2. The highest BCUT2D eigenvalue weighted by Crippen LogP contribution is 2.34. The smallest absolute Gasteiger partial charge is 0.140 e. The lowest BCUT2D eigenvalue weighted by molar-refractivity contribution is 0.562. The molecule has 1 N–H and O–H groups in total. The number of H-pyrrole nitrogens is 1. The van der Waals surface area contributed by atoms with E-state index in [-0.39, 0.29) is 5.41 Å². The third-order valence-electron chi connectivity index (χ3n) is 5.16. The van der Waals surface area contributed by atoms with Gasteiger partial charge < -0.3 is 4.98 Å². The number of benzene rings is 1. The first-order chi connectivity index (χ1) is 12.1. The monoisotopic (exact) mass is 349 g/mol. The van der Waals surface area contributed by atoms with E-state index in [4.69, 9.17) is 9.97 Å². The van der Waals surface area contributed by atoms with Crippen molar-refractivity contribution < 1.29 is 0 Å². The Bertz CT molecular complexity index is 917. The fourth-order valence-electron chi connectivity index (χ4n) is 3.36. The molecule has 0 aliphatic heterocycles. The van der Waals surface area contributed by atoms with Crippen LogP contribution in [-0.2, 0) is 11.8 Å². The maximum atomic E-state index is 5.07. The topological polar surface area (TPSA) is 41.6 Å². The molecule has 2 heterocycles. The third kappa shape index (κ3) is 3.27. The van der Waals surface area contributed by atoms with Crippen molar-refractivity contribution in [3.63, 3.8) is 0 Å². The van der Waals surface area contributed by atoms with Crippen LogP contribution in [0, 0.1) is 13.8 Å². The molecule has 3 aromatic rings. The predicted molar refractivity (Wildman–Crippen MR) is 111 cm³/mol. The van der Waals surface area contributed by atoms with Crippen molar-refractivity contribution in [2.24, 2.45) is 0 Å². The van der Waals surface area contributed by atoms with Gasteiger partial charge in [-0.2, -0.15) is 0 Å². The van der Waals surface area contributed by atoms with Crippen molar-refractivity contribution in [1.82, 2.24) is 15.0 Å². The summed E-state index contributed by atoms with van der Waals surface area (Å²) in [7, 11) is 0. The van der Waals surface area contributed by atoms with Crippen molar-refractivity contribution in [1.29, 1.82) is 0 Å². The molecule has 3 heteroatoms. The van der Waals surface area contributed by atoms with Crippen LogP contribution in [0.25, 0.3) is 22.4 Å². The first kappa shape index (κ1) is 18.6. The number of fused-ring (bicyclic) bond motifs is 1. The van der Waals surface area contributed by atoms with Crippen LogP contribution in [0.2, 0.25) is 0 Å². The number of rotatable bonds is 3. The number of nitrogens with zero attached hydrogens (tertiary/aromatic N) is 2. The Balaban J connectivity index is 2.29. The summed E-state index contributed by atoms with van der Waals surface area (Å²) in [6.07, 6.45) is 0.968. The molecule has 0 amide bonds. The minimum Gasteiger partial charge on any atom is -0.338 e. The Morgan fingerprint density at radius 1 is 1.00 bits per heavy atom. The fourth-order valence-corrected chi connectivity index (χ4v) is 3.36. The molecular formula is C23H31N3. The van der Waals surface area contributed by atoms with Crippen LogP contribution in [0.4, 0.5) is 0 Å². The molecule has 1 aromatic carbocycles. The van der Waals surface area contributed by atoms with Crippen LogP contribution in [-0.4, -0.2) is 15.0 Å². The number of hydrogen-bond donors (Lipinski definition) is 1. The second kappa shape index (κ2) is 6.53. The molecule has 0 radical (unpaired) electrons.